The smallest absolute Gasteiger partial charge is 0.222 e. The Balaban J connectivity index is 2.30. The van der Waals surface area contributed by atoms with Crippen molar-refractivity contribution in [3.8, 4) is 0 Å². The minimum Gasteiger partial charge on any atom is -0.340 e. The zero-order valence-corrected chi connectivity index (χ0v) is 8.18. The van der Waals surface area contributed by atoms with Crippen LogP contribution in [-0.2, 0) is 4.79 Å². The fourth-order valence-electron chi connectivity index (χ4n) is 1.78. The second kappa shape index (κ2) is 4.48. The maximum atomic E-state index is 11.5. The second-order valence-electron chi connectivity index (χ2n) is 3.68. The van der Waals surface area contributed by atoms with Gasteiger partial charge >= 0.3 is 0 Å². The molecule has 0 spiro atoms. The molecule has 0 aliphatic carbocycles. The van der Waals surface area contributed by atoms with Crippen molar-refractivity contribution in [2.75, 3.05) is 6.54 Å². The highest BCUT2D eigenvalue weighted by Crippen LogP contribution is 2.17. The van der Waals surface area contributed by atoms with E-state index in [4.69, 9.17) is 0 Å². The molecule has 1 heterocycles. The lowest BCUT2D eigenvalue weighted by Crippen LogP contribution is -2.33. The van der Waals surface area contributed by atoms with E-state index >= 15 is 0 Å². The van der Waals surface area contributed by atoms with Gasteiger partial charge in [0.25, 0.3) is 0 Å². The highest BCUT2D eigenvalue weighted by Gasteiger charge is 2.23. The van der Waals surface area contributed by atoms with Gasteiger partial charge in [-0.25, -0.2) is 0 Å². The summed E-state index contributed by atoms with van der Waals surface area (Å²) in [6.45, 7) is 5.27. The van der Waals surface area contributed by atoms with Gasteiger partial charge in [-0.15, -0.1) is 0 Å². The van der Waals surface area contributed by atoms with Crippen molar-refractivity contribution < 1.29 is 4.79 Å². The quantitative estimate of drug-likeness (QED) is 0.634. The molecule has 0 radical (unpaired) electrons. The molecule has 0 bridgehead atoms. The van der Waals surface area contributed by atoms with Gasteiger partial charge < -0.3 is 4.90 Å². The Morgan fingerprint density at radius 1 is 1.58 bits per heavy atom. The second-order valence-corrected chi connectivity index (χ2v) is 3.68. The summed E-state index contributed by atoms with van der Waals surface area (Å²) < 4.78 is 0. The molecule has 0 saturated carbocycles. The summed E-state index contributed by atoms with van der Waals surface area (Å²) in [6.07, 6.45) is 5.30. The number of nitrogens with zero attached hydrogens (tertiary/aromatic N) is 1. The fourth-order valence-corrected chi connectivity index (χ4v) is 1.78. The maximum Gasteiger partial charge on any atom is 0.222 e. The molecule has 1 amide bonds. The Hall–Kier alpha value is -0.530. The van der Waals surface area contributed by atoms with E-state index in [-0.39, 0.29) is 0 Å². The number of amides is 1. The third-order valence-corrected chi connectivity index (χ3v) is 2.62. The van der Waals surface area contributed by atoms with Gasteiger partial charge in [-0.05, 0) is 26.2 Å². The van der Waals surface area contributed by atoms with Crippen molar-refractivity contribution >= 4 is 5.91 Å². The molecular formula is C10H19NO. The molecule has 12 heavy (non-hydrogen) atoms. The number of carbonyl (C=O) groups is 1. The van der Waals surface area contributed by atoms with Gasteiger partial charge in [-0.1, -0.05) is 13.3 Å². The first-order chi connectivity index (χ1) is 5.75. The summed E-state index contributed by atoms with van der Waals surface area (Å²) >= 11 is 0. The third-order valence-electron chi connectivity index (χ3n) is 2.62. The molecule has 0 N–H and O–H groups in total. The summed E-state index contributed by atoms with van der Waals surface area (Å²) in [7, 11) is 0. The van der Waals surface area contributed by atoms with Crippen molar-refractivity contribution in [1.29, 1.82) is 0 Å². The summed E-state index contributed by atoms with van der Waals surface area (Å²) in [5, 5.41) is 0. The van der Waals surface area contributed by atoms with Gasteiger partial charge in [0.1, 0.15) is 0 Å². The predicted molar refractivity (Wildman–Crippen MR) is 49.9 cm³/mol. The fraction of sp³-hybridized carbons (Fsp3) is 0.900. The number of hydrogen-bond acceptors (Lipinski definition) is 1. The van der Waals surface area contributed by atoms with Crippen LogP contribution in [0.3, 0.4) is 0 Å². The van der Waals surface area contributed by atoms with Crippen molar-refractivity contribution in [2.24, 2.45) is 0 Å². The zero-order valence-electron chi connectivity index (χ0n) is 8.18. The molecule has 70 valence electrons. The minimum absolute atomic E-state index is 0.363. The zero-order chi connectivity index (χ0) is 8.97. The van der Waals surface area contributed by atoms with Crippen molar-refractivity contribution in [2.45, 2.75) is 52.0 Å². The molecule has 1 fully saturated rings. The molecule has 0 aromatic rings. The number of likely N-dealkylation sites (tertiary alicyclic amines) is 1. The number of hydrogen-bond donors (Lipinski definition) is 0. The van der Waals surface area contributed by atoms with E-state index in [0.29, 0.717) is 11.9 Å². The van der Waals surface area contributed by atoms with E-state index in [9.17, 15) is 4.79 Å². The van der Waals surface area contributed by atoms with Gasteiger partial charge in [-0.2, -0.15) is 0 Å². The molecule has 1 atom stereocenters. The molecule has 0 aromatic heterocycles. The SMILES string of the molecule is CCCCC(=O)N1CCCC1C. The van der Waals surface area contributed by atoms with Gasteiger partial charge in [0.15, 0.2) is 0 Å². The monoisotopic (exact) mass is 169 g/mol. The summed E-state index contributed by atoms with van der Waals surface area (Å²) in [4.78, 5) is 13.6. The molecule has 1 saturated heterocycles. The van der Waals surface area contributed by atoms with Crippen molar-refractivity contribution in [3.05, 3.63) is 0 Å². The largest absolute Gasteiger partial charge is 0.340 e. The predicted octanol–water partition coefficient (Wildman–Crippen LogP) is 2.19. The van der Waals surface area contributed by atoms with Gasteiger partial charge in [-0.3, -0.25) is 4.79 Å². The van der Waals surface area contributed by atoms with Crippen LogP contribution < -0.4 is 0 Å². The number of unbranched alkanes of at least 4 members (excludes halogenated alkanes) is 1. The molecule has 1 aliphatic heterocycles. The number of carbonyl (C=O) groups excluding carboxylic acids is 1. The molecule has 1 unspecified atom stereocenters. The average molecular weight is 169 g/mol. The van der Waals surface area contributed by atoms with E-state index < -0.39 is 0 Å². The van der Waals surface area contributed by atoms with Gasteiger partial charge in [0, 0.05) is 19.0 Å². The lowest BCUT2D eigenvalue weighted by atomic mass is 10.2. The topological polar surface area (TPSA) is 20.3 Å². The Labute approximate surface area is 74.9 Å². The Bertz CT molecular complexity index is 156. The summed E-state index contributed by atoms with van der Waals surface area (Å²) in [5.41, 5.74) is 0. The highest BCUT2D eigenvalue weighted by molar-refractivity contribution is 5.76. The van der Waals surface area contributed by atoms with Crippen LogP contribution in [0.2, 0.25) is 0 Å². The first-order valence-corrected chi connectivity index (χ1v) is 5.05. The first-order valence-electron chi connectivity index (χ1n) is 5.05. The standard InChI is InChI=1S/C10H19NO/c1-3-4-7-10(12)11-8-5-6-9(11)2/h9H,3-8H2,1-2H3. The van der Waals surface area contributed by atoms with Crippen LogP contribution in [0.1, 0.15) is 46.0 Å². The van der Waals surface area contributed by atoms with Crippen LogP contribution in [0.25, 0.3) is 0 Å². The normalized spacial score (nSPS) is 23.2. The highest BCUT2D eigenvalue weighted by atomic mass is 16.2. The molecule has 1 rings (SSSR count). The van der Waals surface area contributed by atoms with Gasteiger partial charge in [0.05, 0.1) is 0 Å². The lowest BCUT2D eigenvalue weighted by Gasteiger charge is -2.21. The van der Waals surface area contributed by atoms with E-state index in [1.165, 1.54) is 12.8 Å². The Morgan fingerprint density at radius 3 is 2.83 bits per heavy atom. The van der Waals surface area contributed by atoms with Crippen LogP contribution in [-0.4, -0.2) is 23.4 Å². The van der Waals surface area contributed by atoms with Crippen LogP contribution >= 0.6 is 0 Å². The molecular weight excluding hydrogens is 150 g/mol. The van der Waals surface area contributed by atoms with E-state index in [1.54, 1.807) is 0 Å². The Kier molecular flexibility index (Phi) is 3.57. The van der Waals surface area contributed by atoms with Crippen LogP contribution in [0.4, 0.5) is 0 Å². The summed E-state index contributed by atoms with van der Waals surface area (Å²) in [6, 6.07) is 0.495. The van der Waals surface area contributed by atoms with Crippen LogP contribution in [0, 0.1) is 0 Å². The van der Waals surface area contributed by atoms with E-state index in [1.807, 2.05) is 4.90 Å². The minimum atomic E-state index is 0.363. The molecule has 0 aromatic carbocycles. The Morgan fingerprint density at radius 2 is 2.33 bits per heavy atom. The first kappa shape index (κ1) is 9.56. The number of rotatable bonds is 3. The van der Waals surface area contributed by atoms with Crippen LogP contribution in [0.5, 0.6) is 0 Å². The molecule has 1 aliphatic rings. The van der Waals surface area contributed by atoms with E-state index in [0.717, 1.165) is 25.8 Å². The molecule has 2 nitrogen and oxygen atoms in total. The van der Waals surface area contributed by atoms with E-state index in [2.05, 4.69) is 13.8 Å². The van der Waals surface area contributed by atoms with Crippen molar-refractivity contribution in [3.63, 3.8) is 0 Å². The summed E-state index contributed by atoms with van der Waals surface area (Å²) in [5.74, 6) is 0.363. The van der Waals surface area contributed by atoms with Crippen LogP contribution in [0.15, 0.2) is 0 Å². The van der Waals surface area contributed by atoms with Crippen molar-refractivity contribution in [1.82, 2.24) is 4.90 Å². The molecule has 2 heteroatoms. The maximum absolute atomic E-state index is 11.5. The van der Waals surface area contributed by atoms with Gasteiger partial charge in [0.2, 0.25) is 5.91 Å². The lowest BCUT2D eigenvalue weighted by molar-refractivity contribution is -0.131. The average Bonchev–Trinajstić information content (AvgIpc) is 2.47. The third kappa shape index (κ3) is 2.23.